The largest absolute Gasteiger partial charge is 0.349 e. The Morgan fingerprint density at radius 3 is 2.07 bits per heavy atom. The number of hydrogen-bond donors (Lipinski definition) is 0. The van der Waals surface area contributed by atoms with Gasteiger partial charge in [0, 0.05) is 19.8 Å². The van der Waals surface area contributed by atoms with Crippen molar-refractivity contribution in [3.8, 4) is 0 Å². The van der Waals surface area contributed by atoms with E-state index in [0.717, 1.165) is 0 Å². The fourth-order valence-electron chi connectivity index (χ4n) is 1.15. The third-order valence-corrected chi connectivity index (χ3v) is 1.90. The molecular weight excluding hydrogens is 196 g/mol. The predicted octanol–water partition coefficient (Wildman–Crippen LogP) is 1.06. The summed E-state index contributed by atoms with van der Waals surface area (Å²) >= 11 is 0. The SMILES string of the molecule is COC(OC)C(=O)C(=O)c1ccccc1. The molecule has 1 aromatic carbocycles. The number of ketones is 2. The second kappa shape index (κ2) is 5.38. The molecule has 80 valence electrons. The highest BCUT2D eigenvalue weighted by atomic mass is 16.7. The van der Waals surface area contributed by atoms with Crippen molar-refractivity contribution in [3.63, 3.8) is 0 Å². The number of Topliss-reactive ketones (excluding diaryl/α,β-unsaturated/α-hetero) is 2. The second-order valence-corrected chi connectivity index (χ2v) is 2.86. The maximum atomic E-state index is 11.6. The summed E-state index contributed by atoms with van der Waals surface area (Å²) in [5.41, 5.74) is 0.335. The third-order valence-electron chi connectivity index (χ3n) is 1.90. The lowest BCUT2D eigenvalue weighted by molar-refractivity contribution is -0.151. The van der Waals surface area contributed by atoms with Crippen molar-refractivity contribution in [2.24, 2.45) is 0 Å². The van der Waals surface area contributed by atoms with Gasteiger partial charge in [0.2, 0.25) is 12.1 Å². The smallest absolute Gasteiger partial charge is 0.259 e. The molecule has 4 heteroatoms. The molecule has 0 saturated carbocycles. The Morgan fingerprint density at radius 1 is 1.07 bits per heavy atom. The van der Waals surface area contributed by atoms with E-state index >= 15 is 0 Å². The molecule has 0 heterocycles. The van der Waals surface area contributed by atoms with Crippen LogP contribution in [-0.4, -0.2) is 32.1 Å². The zero-order valence-corrected chi connectivity index (χ0v) is 8.60. The normalized spacial score (nSPS) is 10.3. The molecule has 0 fully saturated rings. The predicted molar refractivity (Wildman–Crippen MR) is 53.6 cm³/mol. The molecule has 1 aromatic rings. The van der Waals surface area contributed by atoms with Gasteiger partial charge in [-0.25, -0.2) is 0 Å². The first-order valence-corrected chi connectivity index (χ1v) is 4.40. The van der Waals surface area contributed by atoms with E-state index in [2.05, 4.69) is 0 Å². The van der Waals surface area contributed by atoms with E-state index in [1.54, 1.807) is 30.3 Å². The lowest BCUT2D eigenvalue weighted by Crippen LogP contribution is -2.31. The van der Waals surface area contributed by atoms with Crippen LogP contribution < -0.4 is 0 Å². The molecule has 0 aliphatic carbocycles. The fraction of sp³-hybridized carbons (Fsp3) is 0.273. The molecule has 0 saturated heterocycles. The van der Waals surface area contributed by atoms with Gasteiger partial charge in [0.05, 0.1) is 0 Å². The average Bonchev–Trinajstić information content (AvgIpc) is 2.30. The van der Waals surface area contributed by atoms with Crippen LogP contribution in [0.1, 0.15) is 10.4 Å². The van der Waals surface area contributed by atoms with E-state index < -0.39 is 17.9 Å². The Morgan fingerprint density at radius 2 is 1.60 bits per heavy atom. The molecule has 0 amide bonds. The summed E-state index contributed by atoms with van der Waals surface area (Å²) in [5, 5.41) is 0. The summed E-state index contributed by atoms with van der Waals surface area (Å²) in [6.45, 7) is 0. The van der Waals surface area contributed by atoms with Crippen molar-refractivity contribution in [3.05, 3.63) is 35.9 Å². The second-order valence-electron chi connectivity index (χ2n) is 2.86. The molecule has 0 radical (unpaired) electrons. The van der Waals surface area contributed by atoms with Crippen LogP contribution in [0.2, 0.25) is 0 Å². The first-order valence-electron chi connectivity index (χ1n) is 4.40. The fourth-order valence-corrected chi connectivity index (χ4v) is 1.15. The van der Waals surface area contributed by atoms with E-state index in [4.69, 9.17) is 9.47 Å². The topological polar surface area (TPSA) is 52.6 Å². The van der Waals surface area contributed by atoms with E-state index in [1.807, 2.05) is 0 Å². The molecule has 0 aliphatic heterocycles. The van der Waals surface area contributed by atoms with Gasteiger partial charge < -0.3 is 9.47 Å². The minimum atomic E-state index is -1.13. The van der Waals surface area contributed by atoms with Crippen LogP contribution >= 0.6 is 0 Å². The number of rotatable bonds is 5. The standard InChI is InChI=1S/C11H12O4/c1-14-11(15-2)10(13)9(12)8-6-4-3-5-7-8/h3-7,11H,1-2H3. The number of hydrogen-bond acceptors (Lipinski definition) is 4. The van der Waals surface area contributed by atoms with E-state index in [0.29, 0.717) is 5.56 Å². The zero-order valence-electron chi connectivity index (χ0n) is 8.60. The number of carbonyl (C=O) groups excluding carboxylic acids is 2. The van der Waals surface area contributed by atoms with Crippen molar-refractivity contribution < 1.29 is 19.1 Å². The molecule has 0 N–H and O–H groups in total. The number of carbonyl (C=O) groups is 2. The first-order chi connectivity index (χ1) is 7.20. The molecule has 0 bridgehead atoms. The van der Waals surface area contributed by atoms with Gasteiger partial charge in [0.25, 0.3) is 5.78 Å². The lowest BCUT2D eigenvalue weighted by atomic mass is 10.1. The highest BCUT2D eigenvalue weighted by molar-refractivity contribution is 6.44. The van der Waals surface area contributed by atoms with Crippen LogP contribution in [0.5, 0.6) is 0 Å². The van der Waals surface area contributed by atoms with Crippen LogP contribution in [-0.2, 0) is 14.3 Å². The number of ether oxygens (including phenoxy) is 2. The Balaban J connectivity index is 2.82. The quantitative estimate of drug-likeness (QED) is 0.412. The van der Waals surface area contributed by atoms with Gasteiger partial charge in [0.15, 0.2) is 0 Å². The monoisotopic (exact) mass is 208 g/mol. The summed E-state index contributed by atoms with van der Waals surface area (Å²) in [5.74, 6) is -1.31. The van der Waals surface area contributed by atoms with Crippen LogP contribution in [0, 0.1) is 0 Å². The van der Waals surface area contributed by atoms with E-state index in [-0.39, 0.29) is 0 Å². The van der Waals surface area contributed by atoms with Crippen LogP contribution in [0.25, 0.3) is 0 Å². The minimum Gasteiger partial charge on any atom is -0.349 e. The van der Waals surface area contributed by atoms with Gasteiger partial charge in [-0.3, -0.25) is 9.59 Å². The number of benzene rings is 1. The summed E-state index contributed by atoms with van der Waals surface area (Å²) in [6.07, 6.45) is -1.13. The van der Waals surface area contributed by atoms with Crippen molar-refractivity contribution in [2.75, 3.05) is 14.2 Å². The highest BCUT2D eigenvalue weighted by Crippen LogP contribution is 2.04. The van der Waals surface area contributed by atoms with Gasteiger partial charge in [-0.05, 0) is 0 Å². The molecular formula is C11H12O4. The Labute approximate surface area is 87.8 Å². The lowest BCUT2D eigenvalue weighted by Gasteiger charge is -2.10. The summed E-state index contributed by atoms with van der Waals surface area (Å²) in [4.78, 5) is 23.1. The van der Waals surface area contributed by atoms with E-state index in [1.165, 1.54) is 14.2 Å². The molecule has 0 spiro atoms. The van der Waals surface area contributed by atoms with Crippen molar-refractivity contribution >= 4 is 11.6 Å². The van der Waals surface area contributed by atoms with Crippen molar-refractivity contribution in [1.82, 2.24) is 0 Å². The molecule has 0 atom stereocenters. The third kappa shape index (κ3) is 2.71. The van der Waals surface area contributed by atoms with Gasteiger partial charge in [0.1, 0.15) is 0 Å². The minimum absolute atomic E-state index is 0.335. The Kier molecular flexibility index (Phi) is 4.15. The Bertz CT molecular complexity index is 341. The van der Waals surface area contributed by atoms with Gasteiger partial charge in [-0.1, -0.05) is 30.3 Å². The van der Waals surface area contributed by atoms with Gasteiger partial charge in [-0.15, -0.1) is 0 Å². The summed E-state index contributed by atoms with van der Waals surface area (Å²) in [6, 6.07) is 8.29. The summed E-state index contributed by atoms with van der Waals surface area (Å²) < 4.78 is 9.42. The molecule has 0 aromatic heterocycles. The van der Waals surface area contributed by atoms with Gasteiger partial charge in [-0.2, -0.15) is 0 Å². The highest BCUT2D eigenvalue weighted by Gasteiger charge is 2.25. The maximum Gasteiger partial charge on any atom is 0.259 e. The van der Waals surface area contributed by atoms with Crippen LogP contribution in [0.3, 0.4) is 0 Å². The van der Waals surface area contributed by atoms with E-state index in [9.17, 15) is 9.59 Å². The first kappa shape index (κ1) is 11.6. The Hall–Kier alpha value is -1.52. The molecule has 15 heavy (non-hydrogen) atoms. The molecule has 0 unspecified atom stereocenters. The zero-order chi connectivity index (χ0) is 11.3. The summed E-state index contributed by atoms with van der Waals surface area (Å²) in [7, 11) is 2.62. The van der Waals surface area contributed by atoms with Crippen LogP contribution in [0.4, 0.5) is 0 Å². The van der Waals surface area contributed by atoms with Crippen LogP contribution in [0.15, 0.2) is 30.3 Å². The molecule has 0 aliphatic rings. The maximum absolute atomic E-state index is 11.6. The average molecular weight is 208 g/mol. The van der Waals surface area contributed by atoms with Crippen molar-refractivity contribution in [2.45, 2.75) is 6.29 Å². The molecule has 4 nitrogen and oxygen atoms in total. The molecule has 1 rings (SSSR count). The van der Waals surface area contributed by atoms with Gasteiger partial charge >= 0.3 is 0 Å². The number of methoxy groups -OCH3 is 2. The van der Waals surface area contributed by atoms with Crippen molar-refractivity contribution in [1.29, 1.82) is 0 Å².